The van der Waals surface area contributed by atoms with Crippen molar-refractivity contribution in [1.82, 2.24) is 0 Å². The maximum atomic E-state index is 2.79. The van der Waals surface area contributed by atoms with Crippen molar-refractivity contribution >= 4 is 77.8 Å². The fourth-order valence-electron chi connectivity index (χ4n) is 25.6. The molecule has 8 aliphatic rings. The quantitative estimate of drug-likeness (QED) is 0.141. The second-order valence-electron chi connectivity index (χ2n) is 43.7. The Morgan fingerprint density at radius 1 is 0.216 bits per heavy atom. The molecule has 594 valence electrons. The minimum absolute atomic E-state index is 0.0654. The van der Waals surface area contributed by atoms with Gasteiger partial charge in [-0.15, -0.1) is 0 Å². The zero-order chi connectivity index (χ0) is 81.0. The average Bonchev–Trinajstić information content (AvgIpc) is 1.47. The summed E-state index contributed by atoms with van der Waals surface area (Å²) in [7, 11) is 0. The molecule has 0 aromatic heterocycles. The third-order valence-electron chi connectivity index (χ3n) is 33.5. The molecule has 8 atom stereocenters. The molecule has 116 heavy (non-hydrogen) atoms. The highest BCUT2D eigenvalue weighted by Crippen LogP contribution is 2.68. The Morgan fingerprint density at radius 3 is 0.595 bits per heavy atom. The zero-order valence-electron chi connectivity index (χ0n) is 73.7. The molecule has 4 heteroatoms. The van der Waals surface area contributed by atoms with Gasteiger partial charge >= 0.3 is 0 Å². The normalized spacial score (nSPS) is 27.0. The van der Waals surface area contributed by atoms with Gasteiger partial charge in [0.2, 0.25) is 0 Å². The molecule has 4 saturated carbocycles. The second kappa shape index (κ2) is 25.2. The fraction of sp³-hybridized carbons (Fsp3) is 0.429. The van der Waals surface area contributed by atoms with Crippen molar-refractivity contribution in [3.8, 4) is 44.5 Å². The molecule has 0 radical (unpaired) electrons. The number of nitrogens with zero attached hydrogens (tertiary/aromatic N) is 4. The third kappa shape index (κ3) is 10.5. The molecular formula is C112H126N4. The van der Waals surface area contributed by atoms with Crippen LogP contribution in [0.15, 0.2) is 206 Å². The maximum absolute atomic E-state index is 2.79. The first-order valence-corrected chi connectivity index (χ1v) is 45.0. The van der Waals surface area contributed by atoms with Crippen LogP contribution in [-0.4, -0.2) is 22.2 Å². The topological polar surface area (TPSA) is 13.0 Å². The minimum Gasteiger partial charge on any atom is -0.334 e. The van der Waals surface area contributed by atoms with Crippen LogP contribution in [-0.2, 0) is 43.3 Å². The third-order valence-corrected chi connectivity index (χ3v) is 33.5. The molecule has 0 amide bonds. The van der Waals surface area contributed by atoms with Gasteiger partial charge in [-0.2, -0.15) is 0 Å². The van der Waals surface area contributed by atoms with E-state index in [0.29, 0.717) is 0 Å². The summed E-state index contributed by atoms with van der Waals surface area (Å²) in [5.41, 5.74) is 32.2. The van der Waals surface area contributed by atoms with Crippen LogP contribution in [0.4, 0.5) is 45.5 Å². The van der Waals surface area contributed by atoms with E-state index in [1.807, 2.05) is 0 Å². The van der Waals surface area contributed by atoms with Gasteiger partial charge in [0.15, 0.2) is 0 Å². The minimum atomic E-state index is -0.103. The summed E-state index contributed by atoms with van der Waals surface area (Å²) in [5, 5.41) is 8.05. The lowest BCUT2D eigenvalue weighted by Gasteiger charge is -2.50. The molecule has 4 aliphatic carbocycles. The molecular weight excluding hydrogens is 1400 g/mol. The molecule has 0 saturated heterocycles. The molecule has 4 fully saturated rings. The Kier molecular flexibility index (Phi) is 16.4. The first-order chi connectivity index (χ1) is 55.0. The number of hydrogen-bond acceptors (Lipinski definition) is 4. The van der Waals surface area contributed by atoms with Gasteiger partial charge in [-0.05, 0) is 331 Å². The van der Waals surface area contributed by atoms with Gasteiger partial charge in [0, 0.05) is 67.2 Å². The number of rotatable bonds is 8. The number of benzene rings is 12. The van der Waals surface area contributed by atoms with E-state index in [0.717, 1.165) is 51.4 Å². The van der Waals surface area contributed by atoms with Crippen molar-refractivity contribution in [2.75, 3.05) is 19.6 Å². The fourth-order valence-corrected chi connectivity index (χ4v) is 25.6. The largest absolute Gasteiger partial charge is 0.334 e. The van der Waals surface area contributed by atoms with Crippen LogP contribution < -0.4 is 19.6 Å². The summed E-state index contributed by atoms with van der Waals surface area (Å²) < 4.78 is 0. The Balaban J connectivity index is 0.855. The lowest BCUT2D eigenvalue weighted by atomic mass is 9.61. The summed E-state index contributed by atoms with van der Waals surface area (Å²) in [6.07, 6.45) is 19.1. The van der Waals surface area contributed by atoms with E-state index in [-0.39, 0.29) is 65.5 Å². The van der Waals surface area contributed by atoms with Crippen LogP contribution in [0.5, 0.6) is 0 Å². The van der Waals surface area contributed by atoms with Crippen LogP contribution >= 0.6 is 0 Å². The average molecular weight is 1530 g/mol. The van der Waals surface area contributed by atoms with Crippen molar-refractivity contribution in [2.45, 2.75) is 307 Å². The number of hydrogen-bond donors (Lipinski definition) is 0. The summed E-state index contributed by atoms with van der Waals surface area (Å²) in [6.45, 7) is 49.1. The molecule has 0 spiro atoms. The van der Waals surface area contributed by atoms with E-state index >= 15 is 0 Å². The Morgan fingerprint density at radius 2 is 0.405 bits per heavy atom. The van der Waals surface area contributed by atoms with Gasteiger partial charge in [0.05, 0.1) is 22.2 Å². The predicted octanol–water partition coefficient (Wildman–Crippen LogP) is 31.4. The summed E-state index contributed by atoms with van der Waals surface area (Å²) in [6, 6.07) is 85.5. The first-order valence-electron chi connectivity index (χ1n) is 45.0. The SMILES string of the molecule is CC(C)(C)c1ccc(N2c3ccc(-c4cc(-c5ccc6c(c5)C5(C)CCCCC5(C)N6c5ccc(C(C)(C)C)cc5)c5ccc6c(-c7ccc8c(c7)C7(C)CCCCC7(C)N8c7ccc(C(C)(C)C)cc7)cc(-c7ccc8c(c7)C7(C)CCCCC7(C)N8c7ccc(C(C)(C)C)cc7)c7ccc4c5c76)cc3C3(C)CCCCC23C)cc1. The van der Waals surface area contributed by atoms with Crippen molar-refractivity contribution in [3.05, 3.63) is 251 Å². The summed E-state index contributed by atoms with van der Waals surface area (Å²) in [5.74, 6) is 0. The van der Waals surface area contributed by atoms with Gasteiger partial charge in [-0.25, -0.2) is 0 Å². The molecule has 0 N–H and O–H groups in total. The molecule has 4 heterocycles. The van der Waals surface area contributed by atoms with Crippen LogP contribution in [0.25, 0.3) is 76.8 Å². The Labute approximate surface area is 694 Å². The van der Waals surface area contributed by atoms with Gasteiger partial charge in [0.1, 0.15) is 0 Å². The van der Waals surface area contributed by atoms with E-state index in [1.165, 1.54) is 218 Å². The van der Waals surface area contributed by atoms with Gasteiger partial charge in [0.25, 0.3) is 0 Å². The van der Waals surface area contributed by atoms with Crippen molar-refractivity contribution < 1.29 is 0 Å². The predicted molar refractivity (Wildman–Crippen MR) is 498 cm³/mol. The van der Waals surface area contributed by atoms with Crippen LogP contribution in [0.1, 0.15) is 286 Å². The van der Waals surface area contributed by atoms with Crippen LogP contribution in [0, 0.1) is 0 Å². The maximum Gasteiger partial charge on any atom is 0.0517 e. The van der Waals surface area contributed by atoms with Crippen molar-refractivity contribution in [1.29, 1.82) is 0 Å². The van der Waals surface area contributed by atoms with E-state index in [2.05, 4.69) is 364 Å². The molecule has 8 unspecified atom stereocenters. The van der Waals surface area contributed by atoms with Crippen LogP contribution in [0.2, 0.25) is 0 Å². The monoisotopic (exact) mass is 1530 g/mol. The Bertz CT molecular complexity index is 5260. The van der Waals surface area contributed by atoms with Crippen molar-refractivity contribution in [3.63, 3.8) is 0 Å². The van der Waals surface area contributed by atoms with Gasteiger partial charge < -0.3 is 19.6 Å². The van der Waals surface area contributed by atoms with E-state index in [1.54, 1.807) is 0 Å². The zero-order valence-corrected chi connectivity index (χ0v) is 73.7. The highest BCUT2D eigenvalue weighted by molar-refractivity contribution is 6.32. The smallest absolute Gasteiger partial charge is 0.0517 e. The van der Waals surface area contributed by atoms with Gasteiger partial charge in [-0.1, -0.05) is 259 Å². The van der Waals surface area contributed by atoms with Crippen LogP contribution in [0.3, 0.4) is 0 Å². The molecule has 12 aromatic rings. The van der Waals surface area contributed by atoms with Crippen molar-refractivity contribution in [2.24, 2.45) is 0 Å². The molecule has 20 rings (SSSR count). The molecule has 4 aliphatic heterocycles. The lowest BCUT2D eigenvalue weighted by Crippen LogP contribution is -2.54. The highest BCUT2D eigenvalue weighted by Gasteiger charge is 2.62. The summed E-state index contributed by atoms with van der Waals surface area (Å²) >= 11 is 0. The molecule has 4 nitrogen and oxygen atoms in total. The highest BCUT2D eigenvalue weighted by atomic mass is 15.3. The van der Waals surface area contributed by atoms with Gasteiger partial charge in [-0.3, -0.25) is 0 Å². The Hall–Kier alpha value is -9.12. The lowest BCUT2D eigenvalue weighted by molar-refractivity contribution is 0.195. The second-order valence-corrected chi connectivity index (χ2v) is 43.7. The number of fused-ring (bicyclic) bond motifs is 12. The molecule has 12 aromatic carbocycles. The van der Waals surface area contributed by atoms with E-state index < -0.39 is 0 Å². The molecule has 0 bridgehead atoms. The summed E-state index contributed by atoms with van der Waals surface area (Å²) in [4.78, 5) is 11.1. The van der Waals surface area contributed by atoms with E-state index in [4.69, 9.17) is 0 Å². The van der Waals surface area contributed by atoms with E-state index in [9.17, 15) is 0 Å². The first kappa shape index (κ1) is 75.6. The standard InChI is InChI=1S/C112H126N4/c1-101(2,3)75-33-41-79(42-34-75)113-95-53-29-71(65-91(95)105(13)57-21-25-61-109(105,113)17)87-69-88(72-30-54-96-92(66-72)106(14)58-22-26-62-110(106,18)114(96)80-43-35-76(36-44-80)102(4,5)6)84-51-52-86-90(74-32-56-98-94(68-74)108(16)60-24-28-64-112(108,20)116(98)82-47-39-78(40-48-82)104(10,11)12)70-89(85-50-49-83(87)99(84)100(85)86)73-31-55-97-93(67-73)107(15)59-23-27-63-111(107,19)115(97)81-45-37-77(38-46-81)103(7,8)9/h29-56,65-70H,21-28,57-64H2,1-20H3. The number of anilines is 8.